The largest absolute Gasteiger partial charge is 0.337 e. The summed E-state index contributed by atoms with van der Waals surface area (Å²) in [5, 5.41) is 0.996. The average Bonchev–Trinajstić information content (AvgIpc) is 2.79. The summed E-state index contributed by atoms with van der Waals surface area (Å²) < 4.78 is 0. The highest BCUT2D eigenvalue weighted by atomic mass is 16.2. The molecule has 1 aromatic heterocycles. The van der Waals surface area contributed by atoms with Gasteiger partial charge >= 0.3 is 0 Å². The van der Waals surface area contributed by atoms with Gasteiger partial charge in [-0.1, -0.05) is 11.6 Å². The van der Waals surface area contributed by atoms with Gasteiger partial charge in [0.1, 0.15) is 0 Å². The summed E-state index contributed by atoms with van der Waals surface area (Å²) >= 11 is 0. The van der Waals surface area contributed by atoms with E-state index in [-0.39, 0.29) is 5.91 Å². The molecule has 2 fully saturated rings. The van der Waals surface area contributed by atoms with E-state index in [1.165, 1.54) is 18.4 Å². The van der Waals surface area contributed by atoms with Gasteiger partial charge in [-0.2, -0.15) is 0 Å². The van der Waals surface area contributed by atoms with Crippen LogP contribution in [0.2, 0.25) is 0 Å². The van der Waals surface area contributed by atoms with Gasteiger partial charge in [0.05, 0.1) is 11.1 Å². The predicted octanol–water partition coefficient (Wildman–Crippen LogP) is 3.47. The number of benzene rings is 1. The standard InChI is InChI=1S/C21H27N3O/c1-13-9-14(2)20-18(10-13)19(11-15(3)22-20)21(25)24-8-7-16-5-6-17(12-24)23(16)4/h9-11,16-17H,5-8,12H2,1-4H3/t16-,17+/m0/s1. The van der Waals surface area contributed by atoms with Crippen LogP contribution in [0.5, 0.6) is 0 Å². The van der Waals surface area contributed by atoms with Crippen molar-refractivity contribution >= 4 is 16.8 Å². The molecular weight excluding hydrogens is 310 g/mol. The number of hydrogen-bond donors (Lipinski definition) is 0. The van der Waals surface area contributed by atoms with Crippen LogP contribution in [0.25, 0.3) is 10.9 Å². The van der Waals surface area contributed by atoms with Crippen LogP contribution in [0, 0.1) is 20.8 Å². The van der Waals surface area contributed by atoms with Gasteiger partial charge in [0.25, 0.3) is 5.91 Å². The van der Waals surface area contributed by atoms with E-state index in [1.54, 1.807) is 0 Å². The summed E-state index contributed by atoms with van der Waals surface area (Å²) in [6, 6.07) is 7.37. The minimum atomic E-state index is 0.168. The Labute approximate surface area is 149 Å². The van der Waals surface area contributed by atoms with Crippen molar-refractivity contribution < 1.29 is 4.79 Å². The number of rotatable bonds is 1. The molecule has 3 heterocycles. The molecule has 0 N–H and O–H groups in total. The second kappa shape index (κ2) is 6.10. The topological polar surface area (TPSA) is 36.4 Å². The maximum atomic E-state index is 13.4. The van der Waals surface area contributed by atoms with Crippen molar-refractivity contribution in [3.63, 3.8) is 0 Å². The normalized spacial score (nSPS) is 23.9. The first-order valence-electron chi connectivity index (χ1n) is 9.34. The van der Waals surface area contributed by atoms with Gasteiger partial charge in [0, 0.05) is 36.3 Å². The number of amides is 1. The molecule has 25 heavy (non-hydrogen) atoms. The van der Waals surface area contributed by atoms with Crippen LogP contribution in [-0.4, -0.2) is 52.9 Å². The van der Waals surface area contributed by atoms with Crippen molar-refractivity contribution in [3.05, 3.63) is 40.6 Å². The van der Waals surface area contributed by atoms with Crippen molar-refractivity contribution in [1.82, 2.24) is 14.8 Å². The number of likely N-dealkylation sites (tertiary alicyclic amines) is 1. The highest BCUT2D eigenvalue weighted by molar-refractivity contribution is 6.07. The Morgan fingerprint density at radius 2 is 1.84 bits per heavy atom. The maximum absolute atomic E-state index is 13.4. The molecule has 0 radical (unpaired) electrons. The molecule has 2 atom stereocenters. The van der Waals surface area contributed by atoms with Crippen molar-refractivity contribution in [2.75, 3.05) is 20.1 Å². The Hall–Kier alpha value is -1.94. The summed E-state index contributed by atoms with van der Waals surface area (Å²) in [6.07, 6.45) is 3.57. The summed E-state index contributed by atoms with van der Waals surface area (Å²) in [7, 11) is 2.22. The molecule has 1 amide bonds. The van der Waals surface area contributed by atoms with Gasteiger partial charge in [-0.3, -0.25) is 14.7 Å². The fourth-order valence-corrected chi connectivity index (χ4v) is 4.65. The lowest BCUT2D eigenvalue weighted by molar-refractivity contribution is 0.0742. The molecule has 4 nitrogen and oxygen atoms in total. The quantitative estimate of drug-likeness (QED) is 0.799. The van der Waals surface area contributed by atoms with Crippen molar-refractivity contribution in [3.8, 4) is 0 Å². The summed E-state index contributed by atoms with van der Waals surface area (Å²) in [6.45, 7) is 7.85. The molecule has 0 spiro atoms. The Morgan fingerprint density at radius 1 is 1.08 bits per heavy atom. The minimum absolute atomic E-state index is 0.168. The molecule has 132 valence electrons. The van der Waals surface area contributed by atoms with Gasteiger partial charge < -0.3 is 4.90 Å². The third-order valence-electron chi connectivity index (χ3n) is 6.04. The summed E-state index contributed by atoms with van der Waals surface area (Å²) in [5.74, 6) is 0.168. The number of likely N-dealkylation sites (N-methyl/N-ethyl adjacent to an activating group) is 1. The first-order chi connectivity index (χ1) is 11.9. The molecule has 2 bridgehead atoms. The first-order valence-corrected chi connectivity index (χ1v) is 9.34. The van der Waals surface area contributed by atoms with E-state index in [4.69, 9.17) is 4.98 Å². The van der Waals surface area contributed by atoms with E-state index in [1.807, 2.05) is 13.0 Å². The number of nitrogens with zero attached hydrogens (tertiary/aromatic N) is 3. The second-order valence-corrected chi connectivity index (χ2v) is 7.88. The predicted molar refractivity (Wildman–Crippen MR) is 101 cm³/mol. The smallest absolute Gasteiger partial charge is 0.254 e. The molecule has 0 saturated carbocycles. The molecule has 2 aromatic rings. The van der Waals surface area contributed by atoms with Crippen LogP contribution in [0.4, 0.5) is 0 Å². The number of aryl methyl sites for hydroxylation is 3. The lowest BCUT2D eigenvalue weighted by atomic mass is 10.00. The Balaban J connectivity index is 1.75. The molecule has 0 aliphatic carbocycles. The first kappa shape index (κ1) is 16.5. The van der Waals surface area contributed by atoms with Crippen molar-refractivity contribution in [1.29, 1.82) is 0 Å². The lowest BCUT2D eigenvalue weighted by Crippen LogP contribution is -2.39. The van der Waals surface area contributed by atoms with Gasteiger partial charge in [0.15, 0.2) is 0 Å². The number of carbonyl (C=O) groups is 1. The lowest BCUT2D eigenvalue weighted by Gasteiger charge is -2.26. The maximum Gasteiger partial charge on any atom is 0.254 e. The number of aromatic nitrogens is 1. The van der Waals surface area contributed by atoms with E-state index in [0.717, 1.165) is 47.2 Å². The molecule has 4 rings (SSSR count). The highest BCUT2D eigenvalue weighted by Gasteiger charge is 2.36. The third kappa shape index (κ3) is 2.82. The van der Waals surface area contributed by atoms with E-state index >= 15 is 0 Å². The zero-order chi connectivity index (χ0) is 17.7. The van der Waals surface area contributed by atoms with Crippen LogP contribution >= 0.6 is 0 Å². The Morgan fingerprint density at radius 3 is 2.64 bits per heavy atom. The molecule has 1 aromatic carbocycles. The van der Waals surface area contributed by atoms with Gasteiger partial charge in [-0.05, 0) is 64.8 Å². The fourth-order valence-electron chi connectivity index (χ4n) is 4.65. The monoisotopic (exact) mass is 337 g/mol. The number of carbonyl (C=O) groups excluding carboxylic acids is 1. The Kier molecular flexibility index (Phi) is 4.03. The van der Waals surface area contributed by atoms with Gasteiger partial charge in [-0.15, -0.1) is 0 Å². The highest BCUT2D eigenvalue weighted by Crippen LogP contribution is 2.30. The number of fused-ring (bicyclic) bond motifs is 3. The van der Waals surface area contributed by atoms with Gasteiger partial charge in [-0.25, -0.2) is 0 Å². The van der Waals surface area contributed by atoms with Crippen LogP contribution in [0.3, 0.4) is 0 Å². The Bertz CT molecular complexity index is 845. The average molecular weight is 337 g/mol. The van der Waals surface area contributed by atoms with Crippen LogP contribution in [-0.2, 0) is 0 Å². The van der Waals surface area contributed by atoms with E-state index in [2.05, 4.69) is 42.8 Å². The molecular formula is C21H27N3O. The summed E-state index contributed by atoms with van der Waals surface area (Å²) in [5.41, 5.74) is 5.01. The number of hydrogen-bond acceptors (Lipinski definition) is 3. The van der Waals surface area contributed by atoms with Crippen LogP contribution in [0.15, 0.2) is 18.2 Å². The zero-order valence-electron chi connectivity index (χ0n) is 15.7. The van der Waals surface area contributed by atoms with Crippen LogP contribution in [0.1, 0.15) is 46.4 Å². The van der Waals surface area contributed by atoms with Crippen molar-refractivity contribution in [2.24, 2.45) is 0 Å². The van der Waals surface area contributed by atoms with Crippen molar-refractivity contribution in [2.45, 2.75) is 52.1 Å². The molecule has 2 aliphatic heterocycles. The number of pyridine rings is 1. The minimum Gasteiger partial charge on any atom is -0.337 e. The third-order valence-corrected chi connectivity index (χ3v) is 6.04. The summed E-state index contributed by atoms with van der Waals surface area (Å²) in [4.78, 5) is 22.7. The van der Waals surface area contributed by atoms with Gasteiger partial charge in [0.2, 0.25) is 0 Å². The molecule has 0 unspecified atom stereocenters. The molecule has 2 aliphatic rings. The van der Waals surface area contributed by atoms with E-state index in [9.17, 15) is 4.79 Å². The second-order valence-electron chi connectivity index (χ2n) is 7.88. The zero-order valence-corrected chi connectivity index (χ0v) is 15.7. The van der Waals surface area contributed by atoms with E-state index < -0.39 is 0 Å². The molecule has 4 heteroatoms. The van der Waals surface area contributed by atoms with E-state index in [0.29, 0.717) is 12.1 Å². The van der Waals surface area contributed by atoms with Crippen LogP contribution < -0.4 is 0 Å². The molecule has 2 saturated heterocycles. The SMILES string of the molecule is Cc1cc(C)c2nc(C)cc(C(=O)N3CC[C@@H]4CC[C@H](C3)N4C)c2c1. The fraction of sp³-hybridized carbons (Fsp3) is 0.524.